The van der Waals surface area contributed by atoms with Crippen molar-refractivity contribution >= 4 is 10.0 Å². The molecule has 0 heterocycles. The van der Waals surface area contributed by atoms with E-state index in [9.17, 15) is 21.6 Å². The average molecular weight is 375 g/mol. The Balaban J connectivity index is 2.40. The quantitative estimate of drug-likeness (QED) is 0.788. The Bertz CT molecular complexity index is 887. The van der Waals surface area contributed by atoms with Crippen LogP contribution in [0.5, 0.6) is 11.5 Å². The van der Waals surface area contributed by atoms with Gasteiger partial charge < -0.3 is 9.47 Å². The van der Waals surface area contributed by atoms with Gasteiger partial charge in [0.2, 0.25) is 10.0 Å². The zero-order chi connectivity index (χ0) is 18.8. The Hall–Kier alpha value is -2.26. The molecule has 5 nitrogen and oxygen atoms in total. The molecule has 25 heavy (non-hydrogen) atoms. The summed E-state index contributed by atoms with van der Waals surface area (Å²) in [5.74, 6) is -4.27. The molecule has 0 radical (unpaired) electrons. The van der Waals surface area contributed by atoms with Crippen LogP contribution in [-0.2, 0) is 10.0 Å². The summed E-state index contributed by atoms with van der Waals surface area (Å²) in [6.45, 7) is 1.49. The molecule has 2 aromatic rings. The average Bonchev–Trinajstić information content (AvgIpc) is 2.58. The fourth-order valence-corrected chi connectivity index (χ4v) is 3.55. The molecule has 0 saturated carbocycles. The molecule has 9 heteroatoms. The van der Waals surface area contributed by atoms with Gasteiger partial charge in [-0.25, -0.2) is 26.3 Å². The molecule has 0 aromatic heterocycles. The molecule has 0 fully saturated rings. The van der Waals surface area contributed by atoms with Crippen LogP contribution in [-0.4, -0.2) is 22.6 Å². The van der Waals surface area contributed by atoms with E-state index < -0.39 is 38.4 Å². The van der Waals surface area contributed by atoms with Gasteiger partial charge in [-0.05, 0) is 37.3 Å². The fraction of sp³-hybridized carbons (Fsp3) is 0.250. The first-order chi connectivity index (χ1) is 11.7. The summed E-state index contributed by atoms with van der Waals surface area (Å²) in [5, 5.41) is 0. The molecule has 2 rings (SSSR count). The van der Waals surface area contributed by atoms with Crippen molar-refractivity contribution in [1.82, 2.24) is 4.72 Å². The third-order valence-electron chi connectivity index (χ3n) is 3.52. The van der Waals surface area contributed by atoms with E-state index in [-0.39, 0.29) is 0 Å². The topological polar surface area (TPSA) is 64.6 Å². The molecule has 0 aliphatic carbocycles. The van der Waals surface area contributed by atoms with E-state index in [0.29, 0.717) is 29.2 Å². The molecule has 0 saturated heterocycles. The Morgan fingerprint density at radius 3 is 2.28 bits per heavy atom. The maximum Gasteiger partial charge on any atom is 0.244 e. The Labute approximate surface area is 143 Å². The smallest absolute Gasteiger partial charge is 0.244 e. The van der Waals surface area contributed by atoms with Crippen LogP contribution in [0.25, 0.3) is 0 Å². The summed E-state index contributed by atoms with van der Waals surface area (Å²) in [7, 11) is -1.60. The lowest BCUT2D eigenvalue weighted by molar-refractivity contribution is 0.394. The third-order valence-corrected chi connectivity index (χ3v) is 5.08. The van der Waals surface area contributed by atoms with E-state index in [4.69, 9.17) is 9.47 Å². The first-order valence-corrected chi connectivity index (χ1v) is 8.57. The highest BCUT2D eigenvalue weighted by Gasteiger charge is 2.27. The van der Waals surface area contributed by atoms with Crippen molar-refractivity contribution in [1.29, 1.82) is 0 Å². The van der Waals surface area contributed by atoms with Crippen molar-refractivity contribution in [2.75, 3.05) is 14.2 Å². The van der Waals surface area contributed by atoms with Crippen LogP contribution >= 0.6 is 0 Å². The maximum atomic E-state index is 13.8. The number of hydrogen-bond acceptors (Lipinski definition) is 4. The number of halogens is 3. The molecule has 1 N–H and O–H groups in total. The maximum absolute atomic E-state index is 13.8. The lowest BCUT2D eigenvalue weighted by Gasteiger charge is -2.18. The molecule has 136 valence electrons. The highest BCUT2D eigenvalue weighted by Crippen LogP contribution is 2.30. The van der Waals surface area contributed by atoms with E-state index in [1.54, 1.807) is 18.2 Å². The number of hydrogen-bond donors (Lipinski definition) is 1. The number of ether oxygens (including phenoxy) is 2. The molecule has 1 unspecified atom stereocenters. The zero-order valence-corrected chi connectivity index (χ0v) is 14.5. The van der Waals surface area contributed by atoms with Gasteiger partial charge in [0, 0.05) is 11.6 Å². The summed E-state index contributed by atoms with van der Waals surface area (Å²) in [5.41, 5.74) is 0.424. The first-order valence-electron chi connectivity index (χ1n) is 7.09. The molecule has 0 aliphatic rings. The minimum atomic E-state index is -4.45. The Morgan fingerprint density at radius 2 is 1.68 bits per heavy atom. The highest BCUT2D eigenvalue weighted by molar-refractivity contribution is 7.89. The summed E-state index contributed by atoms with van der Waals surface area (Å²) in [6, 6.07) is 5.10. The largest absolute Gasteiger partial charge is 0.497 e. The van der Waals surface area contributed by atoms with Crippen LogP contribution in [0.2, 0.25) is 0 Å². The summed E-state index contributed by atoms with van der Waals surface area (Å²) >= 11 is 0. The van der Waals surface area contributed by atoms with E-state index in [0.717, 1.165) is 0 Å². The Morgan fingerprint density at radius 1 is 1.00 bits per heavy atom. The first kappa shape index (κ1) is 19.1. The van der Waals surface area contributed by atoms with Gasteiger partial charge in [-0.2, -0.15) is 0 Å². The van der Waals surface area contributed by atoms with Crippen molar-refractivity contribution < 1.29 is 31.1 Å². The highest BCUT2D eigenvalue weighted by atomic mass is 32.2. The second-order valence-corrected chi connectivity index (χ2v) is 6.81. The second-order valence-electron chi connectivity index (χ2n) is 5.12. The van der Waals surface area contributed by atoms with Crippen molar-refractivity contribution in [2.45, 2.75) is 17.9 Å². The van der Waals surface area contributed by atoms with Crippen LogP contribution in [0.4, 0.5) is 13.2 Å². The number of methoxy groups -OCH3 is 2. The summed E-state index contributed by atoms with van der Waals surface area (Å²) in [4.78, 5) is -0.986. The minimum Gasteiger partial charge on any atom is -0.497 e. The molecule has 0 amide bonds. The van der Waals surface area contributed by atoms with E-state index in [1.807, 2.05) is 0 Å². The molecule has 0 spiro atoms. The van der Waals surface area contributed by atoms with Gasteiger partial charge in [-0.1, -0.05) is 0 Å². The number of nitrogens with one attached hydrogen (secondary N) is 1. The molecule has 2 aromatic carbocycles. The van der Waals surface area contributed by atoms with Gasteiger partial charge in [-0.3, -0.25) is 0 Å². The fourth-order valence-electron chi connectivity index (χ4n) is 2.25. The number of sulfonamides is 1. The summed E-state index contributed by atoms with van der Waals surface area (Å²) in [6.07, 6.45) is 0. The monoisotopic (exact) mass is 375 g/mol. The lowest BCUT2D eigenvalue weighted by Crippen LogP contribution is -2.28. The molecular formula is C16H16F3NO4S. The van der Waals surface area contributed by atoms with Crippen molar-refractivity contribution in [3.63, 3.8) is 0 Å². The van der Waals surface area contributed by atoms with Gasteiger partial charge >= 0.3 is 0 Å². The van der Waals surface area contributed by atoms with Gasteiger partial charge in [0.15, 0.2) is 17.5 Å². The van der Waals surface area contributed by atoms with Crippen LogP contribution in [0.3, 0.4) is 0 Å². The van der Waals surface area contributed by atoms with Crippen molar-refractivity contribution in [3.05, 3.63) is 53.3 Å². The predicted molar refractivity (Wildman–Crippen MR) is 84.6 cm³/mol. The molecule has 1 atom stereocenters. The molecule has 0 aliphatic heterocycles. The van der Waals surface area contributed by atoms with Gasteiger partial charge in [0.1, 0.15) is 16.4 Å². The number of rotatable bonds is 6. The lowest BCUT2D eigenvalue weighted by atomic mass is 10.1. The molecule has 0 bridgehead atoms. The predicted octanol–water partition coefficient (Wildman–Crippen LogP) is 3.16. The second kappa shape index (κ2) is 7.32. The van der Waals surface area contributed by atoms with Gasteiger partial charge in [0.25, 0.3) is 0 Å². The normalized spacial score (nSPS) is 12.7. The van der Waals surface area contributed by atoms with E-state index >= 15 is 0 Å². The minimum absolute atomic E-state index is 0.377. The van der Waals surface area contributed by atoms with Crippen LogP contribution in [0, 0.1) is 17.5 Å². The van der Waals surface area contributed by atoms with Crippen molar-refractivity contribution in [2.24, 2.45) is 0 Å². The SMILES string of the molecule is COc1ccc(OC)c(C(C)NS(=O)(=O)c2ccc(F)c(F)c2F)c1. The zero-order valence-electron chi connectivity index (χ0n) is 13.6. The summed E-state index contributed by atoms with van der Waals surface area (Å²) < 4.78 is 77.3. The van der Waals surface area contributed by atoms with Crippen molar-refractivity contribution in [3.8, 4) is 11.5 Å². The van der Waals surface area contributed by atoms with Crippen LogP contribution < -0.4 is 14.2 Å². The standard InChI is InChI=1S/C16H16F3NO4S/c1-9(11-8-10(23-2)4-6-13(11)24-3)20-25(21,22)14-7-5-12(17)15(18)16(14)19/h4-9,20H,1-3H3. The van der Waals surface area contributed by atoms with Gasteiger partial charge in [-0.15, -0.1) is 0 Å². The number of benzene rings is 2. The molecular weight excluding hydrogens is 359 g/mol. The van der Waals surface area contributed by atoms with Crippen LogP contribution in [0.15, 0.2) is 35.2 Å². The Kier molecular flexibility index (Phi) is 5.58. The van der Waals surface area contributed by atoms with E-state index in [2.05, 4.69) is 4.72 Å². The third kappa shape index (κ3) is 3.88. The van der Waals surface area contributed by atoms with E-state index in [1.165, 1.54) is 21.1 Å². The van der Waals surface area contributed by atoms with Crippen LogP contribution in [0.1, 0.15) is 18.5 Å². The van der Waals surface area contributed by atoms with Gasteiger partial charge in [0.05, 0.1) is 14.2 Å².